The van der Waals surface area contributed by atoms with E-state index in [1.54, 1.807) is 12.1 Å². The second-order valence-electron chi connectivity index (χ2n) is 6.16. The zero-order valence-electron chi connectivity index (χ0n) is 14.7. The Labute approximate surface area is 173 Å². The monoisotopic (exact) mass is 452 g/mol. The van der Waals surface area contributed by atoms with Crippen LogP contribution >= 0.6 is 23.2 Å². The Bertz CT molecular complexity index is 911. The third-order valence-corrected chi connectivity index (χ3v) is 4.72. The molecule has 0 N–H and O–H groups in total. The van der Waals surface area contributed by atoms with Crippen LogP contribution in [0, 0.1) is 5.82 Å². The first-order valence-electron chi connectivity index (χ1n) is 8.37. The molecule has 1 aliphatic rings. The summed E-state index contributed by atoms with van der Waals surface area (Å²) in [4.78, 5) is 17.7. The average molecular weight is 453 g/mol. The highest BCUT2D eigenvalue weighted by Crippen LogP contribution is 2.34. The number of alkyl halides is 3. The fourth-order valence-electron chi connectivity index (χ4n) is 2.75. The molecule has 1 amide bonds. The van der Waals surface area contributed by atoms with E-state index in [1.807, 2.05) is 0 Å². The SMILES string of the molecule is O=C(c1cc(C(F)(F)F)cc(Cl)c1F)N1CCOC(COc2cccnc2Cl)C1. The molecule has 2 aromatic rings. The molecular formula is C18H14Cl2F4N2O3. The Hall–Kier alpha value is -2.10. The van der Waals surface area contributed by atoms with Gasteiger partial charge < -0.3 is 14.4 Å². The molecule has 0 aliphatic carbocycles. The van der Waals surface area contributed by atoms with Gasteiger partial charge in [0.2, 0.25) is 0 Å². The normalized spacial score (nSPS) is 17.3. The second-order valence-corrected chi connectivity index (χ2v) is 6.93. The largest absolute Gasteiger partial charge is 0.488 e. The summed E-state index contributed by atoms with van der Waals surface area (Å²) in [5, 5.41) is -0.626. The smallest absolute Gasteiger partial charge is 0.416 e. The molecule has 0 spiro atoms. The molecule has 0 bridgehead atoms. The fourth-order valence-corrected chi connectivity index (χ4v) is 3.14. The van der Waals surface area contributed by atoms with Crippen molar-refractivity contribution in [3.8, 4) is 5.75 Å². The molecule has 1 unspecified atom stereocenters. The lowest BCUT2D eigenvalue weighted by atomic mass is 10.1. The van der Waals surface area contributed by atoms with Crippen molar-refractivity contribution in [1.29, 1.82) is 0 Å². The van der Waals surface area contributed by atoms with E-state index in [9.17, 15) is 22.4 Å². The van der Waals surface area contributed by atoms with Crippen molar-refractivity contribution in [3.63, 3.8) is 0 Å². The molecular weight excluding hydrogens is 439 g/mol. The summed E-state index contributed by atoms with van der Waals surface area (Å²) >= 11 is 11.5. The van der Waals surface area contributed by atoms with Gasteiger partial charge in [-0.25, -0.2) is 9.37 Å². The Morgan fingerprint density at radius 1 is 1.34 bits per heavy atom. The third kappa shape index (κ3) is 5.09. The van der Waals surface area contributed by atoms with Gasteiger partial charge in [0.1, 0.15) is 12.7 Å². The lowest BCUT2D eigenvalue weighted by molar-refractivity contribution is -0.137. The molecule has 1 aromatic carbocycles. The van der Waals surface area contributed by atoms with Crippen LogP contribution in [0.2, 0.25) is 10.2 Å². The number of ether oxygens (including phenoxy) is 2. The standard InChI is InChI=1S/C18H14Cl2F4N2O3/c19-13-7-10(18(22,23)24)6-12(15(13)21)17(27)26-4-5-28-11(8-26)9-29-14-2-1-3-25-16(14)20/h1-3,6-7,11H,4-5,8-9H2. The molecule has 0 saturated carbocycles. The predicted molar refractivity (Wildman–Crippen MR) is 96.8 cm³/mol. The summed E-state index contributed by atoms with van der Waals surface area (Å²) in [6, 6.07) is 4.13. The van der Waals surface area contributed by atoms with Crippen molar-refractivity contribution in [3.05, 3.63) is 57.6 Å². The van der Waals surface area contributed by atoms with E-state index in [-0.39, 0.29) is 31.5 Å². The second kappa shape index (κ2) is 8.73. The maximum Gasteiger partial charge on any atom is 0.416 e. The van der Waals surface area contributed by atoms with Crippen LogP contribution in [-0.2, 0) is 10.9 Å². The first-order chi connectivity index (χ1) is 13.7. The predicted octanol–water partition coefficient (Wildman–Crippen LogP) is 4.47. The van der Waals surface area contributed by atoms with Gasteiger partial charge in [0, 0.05) is 12.7 Å². The van der Waals surface area contributed by atoms with E-state index in [0.717, 1.165) is 0 Å². The number of halogens is 6. The number of hydrogen-bond donors (Lipinski definition) is 0. The van der Waals surface area contributed by atoms with Crippen molar-refractivity contribution in [2.24, 2.45) is 0 Å². The number of hydrogen-bond acceptors (Lipinski definition) is 4. The van der Waals surface area contributed by atoms with Crippen LogP contribution in [0.5, 0.6) is 5.75 Å². The summed E-state index contributed by atoms with van der Waals surface area (Å²) in [5.74, 6) is -1.80. The van der Waals surface area contributed by atoms with Gasteiger partial charge in [0.15, 0.2) is 16.7 Å². The number of carbonyl (C=O) groups excluding carboxylic acids is 1. The lowest BCUT2D eigenvalue weighted by Gasteiger charge is -2.33. The molecule has 29 heavy (non-hydrogen) atoms. The maximum absolute atomic E-state index is 14.3. The van der Waals surface area contributed by atoms with Gasteiger partial charge in [-0.15, -0.1) is 0 Å². The molecule has 1 aromatic heterocycles. The van der Waals surface area contributed by atoms with Crippen LogP contribution in [0.1, 0.15) is 15.9 Å². The van der Waals surface area contributed by atoms with Gasteiger partial charge in [0.05, 0.1) is 29.3 Å². The van der Waals surface area contributed by atoms with Gasteiger partial charge in [-0.05, 0) is 24.3 Å². The van der Waals surface area contributed by atoms with Crippen molar-refractivity contribution in [1.82, 2.24) is 9.88 Å². The molecule has 3 rings (SSSR count). The quantitative estimate of drug-likeness (QED) is 0.507. The topological polar surface area (TPSA) is 51.7 Å². The molecule has 2 heterocycles. The van der Waals surface area contributed by atoms with E-state index < -0.39 is 40.2 Å². The summed E-state index contributed by atoms with van der Waals surface area (Å²) in [5.41, 5.74) is -1.95. The van der Waals surface area contributed by atoms with Crippen LogP contribution < -0.4 is 4.74 Å². The highest BCUT2D eigenvalue weighted by Gasteiger charge is 2.35. The Kier molecular flexibility index (Phi) is 6.50. The average Bonchev–Trinajstić information content (AvgIpc) is 2.68. The first kappa shape index (κ1) is 21.6. The van der Waals surface area contributed by atoms with Gasteiger partial charge in [0.25, 0.3) is 5.91 Å². The number of aromatic nitrogens is 1. The summed E-state index contributed by atoms with van der Waals surface area (Å²) in [6.07, 6.45) is -3.87. The molecule has 1 atom stereocenters. The summed E-state index contributed by atoms with van der Waals surface area (Å²) in [7, 11) is 0. The van der Waals surface area contributed by atoms with Gasteiger partial charge in [-0.2, -0.15) is 13.2 Å². The fraction of sp³-hybridized carbons (Fsp3) is 0.333. The number of amides is 1. The number of morpholine rings is 1. The van der Waals surface area contributed by atoms with Crippen molar-refractivity contribution in [2.75, 3.05) is 26.3 Å². The number of rotatable bonds is 4. The zero-order valence-corrected chi connectivity index (χ0v) is 16.2. The summed E-state index contributed by atoms with van der Waals surface area (Å²) < 4.78 is 64.2. The van der Waals surface area contributed by atoms with E-state index in [2.05, 4.69) is 4.98 Å². The molecule has 156 valence electrons. The maximum atomic E-state index is 14.3. The minimum atomic E-state index is -4.77. The van der Waals surface area contributed by atoms with E-state index in [1.165, 1.54) is 11.1 Å². The molecule has 5 nitrogen and oxygen atoms in total. The highest BCUT2D eigenvalue weighted by atomic mass is 35.5. The molecule has 1 fully saturated rings. The summed E-state index contributed by atoms with van der Waals surface area (Å²) in [6.45, 7) is 0.191. The number of carbonyl (C=O) groups is 1. The number of pyridine rings is 1. The van der Waals surface area contributed by atoms with Crippen molar-refractivity contribution in [2.45, 2.75) is 12.3 Å². The van der Waals surface area contributed by atoms with E-state index in [4.69, 9.17) is 32.7 Å². The minimum Gasteiger partial charge on any atom is -0.488 e. The van der Waals surface area contributed by atoms with Crippen molar-refractivity contribution >= 4 is 29.1 Å². The van der Waals surface area contributed by atoms with Gasteiger partial charge >= 0.3 is 6.18 Å². The van der Waals surface area contributed by atoms with Crippen LogP contribution in [0.25, 0.3) is 0 Å². The van der Waals surface area contributed by atoms with E-state index in [0.29, 0.717) is 17.9 Å². The Morgan fingerprint density at radius 2 is 2.10 bits per heavy atom. The lowest BCUT2D eigenvalue weighted by Crippen LogP contribution is -2.47. The van der Waals surface area contributed by atoms with Crippen LogP contribution in [0.15, 0.2) is 30.5 Å². The van der Waals surface area contributed by atoms with E-state index >= 15 is 0 Å². The Balaban J connectivity index is 1.73. The van der Waals surface area contributed by atoms with Crippen molar-refractivity contribution < 1.29 is 31.8 Å². The third-order valence-electron chi connectivity index (χ3n) is 4.16. The number of benzene rings is 1. The Morgan fingerprint density at radius 3 is 2.79 bits per heavy atom. The minimum absolute atomic E-state index is 0.00990. The van der Waals surface area contributed by atoms with Crippen LogP contribution in [0.3, 0.4) is 0 Å². The first-order valence-corrected chi connectivity index (χ1v) is 9.13. The zero-order chi connectivity index (χ0) is 21.2. The molecule has 11 heteroatoms. The highest BCUT2D eigenvalue weighted by molar-refractivity contribution is 6.31. The van der Waals surface area contributed by atoms with Crippen LogP contribution in [0.4, 0.5) is 17.6 Å². The van der Waals surface area contributed by atoms with Gasteiger partial charge in [-0.1, -0.05) is 23.2 Å². The molecule has 1 aliphatic heterocycles. The van der Waals surface area contributed by atoms with Gasteiger partial charge in [-0.3, -0.25) is 4.79 Å². The number of nitrogens with zero attached hydrogens (tertiary/aromatic N) is 2. The molecule has 0 radical (unpaired) electrons. The molecule has 1 saturated heterocycles. The van der Waals surface area contributed by atoms with Crippen LogP contribution in [-0.4, -0.2) is 48.2 Å².